The smallest absolute Gasteiger partial charge is 0.257 e. The summed E-state index contributed by atoms with van der Waals surface area (Å²) in [6.07, 6.45) is 6.44. The maximum absolute atomic E-state index is 12.8. The quantitative estimate of drug-likeness (QED) is 0.732. The van der Waals surface area contributed by atoms with Gasteiger partial charge >= 0.3 is 0 Å². The van der Waals surface area contributed by atoms with Crippen molar-refractivity contribution < 1.29 is 14.3 Å². The number of hydrogen-bond acceptors (Lipinski definition) is 3. The first kappa shape index (κ1) is 20.0. The molecule has 1 saturated carbocycles. The molecule has 2 amide bonds. The SMILES string of the molecule is O=C(Nc1cccc([C@@H]2C[C@@H]3CN(C(=O)C4CCCC4)CC[C@@H]3O2)c1)C(Cl)Cl. The molecule has 0 radical (unpaired) electrons. The van der Waals surface area contributed by atoms with Gasteiger partial charge in [0.1, 0.15) is 0 Å². The van der Waals surface area contributed by atoms with Crippen LogP contribution in [0.15, 0.2) is 24.3 Å². The van der Waals surface area contributed by atoms with Crippen molar-refractivity contribution in [2.75, 3.05) is 18.4 Å². The van der Waals surface area contributed by atoms with Crippen molar-refractivity contribution in [1.82, 2.24) is 4.90 Å². The molecule has 152 valence electrons. The molecule has 7 heteroatoms. The Morgan fingerprint density at radius 1 is 1.18 bits per heavy atom. The van der Waals surface area contributed by atoms with Gasteiger partial charge in [0, 0.05) is 30.6 Å². The normalized spacial score (nSPS) is 27.8. The van der Waals surface area contributed by atoms with Crippen molar-refractivity contribution in [3.8, 4) is 0 Å². The third kappa shape index (κ3) is 4.32. The van der Waals surface area contributed by atoms with Crippen LogP contribution in [0.25, 0.3) is 0 Å². The number of benzene rings is 1. The third-order valence-electron chi connectivity index (χ3n) is 6.26. The molecule has 1 N–H and O–H groups in total. The summed E-state index contributed by atoms with van der Waals surface area (Å²) in [6.45, 7) is 1.60. The van der Waals surface area contributed by atoms with E-state index in [1.807, 2.05) is 24.3 Å². The number of piperidine rings is 1. The minimum Gasteiger partial charge on any atom is -0.370 e. The Labute approximate surface area is 175 Å². The number of likely N-dealkylation sites (tertiary alicyclic amines) is 1. The number of nitrogens with zero attached hydrogens (tertiary/aromatic N) is 1. The molecule has 1 aromatic rings. The number of carbonyl (C=O) groups is 2. The number of rotatable bonds is 4. The van der Waals surface area contributed by atoms with E-state index in [0.29, 0.717) is 17.5 Å². The van der Waals surface area contributed by atoms with Gasteiger partial charge in [0.25, 0.3) is 5.91 Å². The van der Waals surface area contributed by atoms with Crippen LogP contribution in [-0.4, -0.2) is 40.7 Å². The molecule has 5 nitrogen and oxygen atoms in total. The second-order valence-electron chi connectivity index (χ2n) is 8.13. The highest BCUT2D eigenvalue weighted by Crippen LogP contribution is 2.42. The highest BCUT2D eigenvalue weighted by molar-refractivity contribution is 6.54. The van der Waals surface area contributed by atoms with Gasteiger partial charge in [-0.1, -0.05) is 48.2 Å². The topological polar surface area (TPSA) is 58.6 Å². The van der Waals surface area contributed by atoms with Gasteiger partial charge in [-0.25, -0.2) is 0 Å². The van der Waals surface area contributed by atoms with Crippen LogP contribution in [-0.2, 0) is 14.3 Å². The highest BCUT2D eigenvalue weighted by Gasteiger charge is 2.41. The van der Waals surface area contributed by atoms with Crippen LogP contribution in [0.3, 0.4) is 0 Å². The van der Waals surface area contributed by atoms with Gasteiger partial charge in [-0.3, -0.25) is 9.59 Å². The summed E-state index contributed by atoms with van der Waals surface area (Å²) in [5.41, 5.74) is 1.69. The summed E-state index contributed by atoms with van der Waals surface area (Å²) in [6, 6.07) is 7.63. The fourth-order valence-corrected chi connectivity index (χ4v) is 4.93. The number of alkyl halides is 2. The van der Waals surface area contributed by atoms with Gasteiger partial charge in [0.2, 0.25) is 5.91 Å². The number of carbonyl (C=O) groups excluding carboxylic acids is 2. The zero-order valence-electron chi connectivity index (χ0n) is 15.8. The van der Waals surface area contributed by atoms with Crippen molar-refractivity contribution in [2.24, 2.45) is 11.8 Å². The number of amides is 2. The molecule has 1 aliphatic carbocycles. The molecule has 3 atom stereocenters. The van der Waals surface area contributed by atoms with E-state index in [9.17, 15) is 9.59 Å². The molecule has 2 heterocycles. The summed E-state index contributed by atoms with van der Waals surface area (Å²) >= 11 is 11.2. The molecule has 0 bridgehead atoms. The lowest BCUT2D eigenvalue weighted by Crippen LogP contribution is -2.46. The summed E-state index contributed by atoms with van der Waals surface area (Å²) in [5.74, 6) is 0.517. The predicted octanol–water partition coefficient (Wildman–Crippen LogP) is 4.30. The van der Waals surface area contributed by atoms with Crippen LogP contribution in [0.1, 0.15) is 50.2 Å². The van der Waals surface area contributed by atoms with Crippen LogP contribution in [0.2, 0.25) is 0 Å². The third-order valence-corrected chi connectivity index (χ3v) is 6.66. The number of fused-ring (bicyclic) bond motifs is 1. The Morgan fingerprint density at radius 3 is 2.71 bits per heavy atom. The second kappa shape index (κ2) is 8.60. The fourth-order valence-electron chi connectivity index (χ4n) is 4.82. The van der Waals surface area contributed by atoms with E-state index in [-0.39, 0.29) is 18.1 Å². The van der Waals surface area contributed by atoms with Crippen LogP contribution in [0.4, 0.5) is 5.69 Å². The molecule has 0 aromatic heterocycles. The minimum atomic E-state index is -1.10. The van der Waals surface area contributed by atoms with Crippen LogP contribution < -0.4 is 5.32 Å². The highest BCUT2D eigenvalue weighted by atomic mass is 35.5. The van der Waals surface area contributed by atoms with Crippen molar-refractivity contribution >= 4 is 40.7 Å². The lowest BCUT2D eigenvalue weighted by Gasteiger charge is -2.35. The molecule has 4 rings (SSSR count). The Hall–Kier alpha value is -1.30. The fraction of sp³-hybridized carbons (Fsp3) is 0.619. The molecule has 2 saturated heterocycles. The maximum Gasteiger partial charge on any atom is 0.257 e. The Morgan fingerprint density at radius 2 is 1.96 bits per heavy atom. The number of nitrogens with one attached hydrogen (secondary N) is 1. The van der Waals surface area contributed by atoms with Crippen molar-refractivity contribution in [3.63, 3.8) is 0 Å². The van der Waals surface area contributed by atoms with Gasteiger partial charge in [0.05, 0.1) is 12.2 Å². The van der Waals surface area contributed by atoms with Gasteiger partial charge in [0.15, 0.2) is 4.84 Å². The molecule has 2 aliphatic heterocycles. The molecule has 1 aromatic carbocycles. The van der Waals surface area contributed by atoms with E-state index in [2.05, 4.69) is 10.2 Å². The summed E-state index contributed by atoms with van der Waals surface area (Å²) < 4.78 is 6.31. The standard InChI is InChI=1S/C21H26Cl2N2O3/c22-19(23)20(26)24-16-7-3-6-14(10-16)18-11-15-12-25(9-8-17(15)28-18)21(27)13-4-1-2-5-13/h3,6-7,10,13,15,17-19H,1-2,4-5,8-9,11-12H2,(H,24,26)/t15-,17+,18+/m1/s1. The first-order valence-electron chi connectivity index (χ1n) is 10.1. The zero-order valence-corrected chi connectivity index (χ0v) is 17.3. The Bertz CT molecular complexity index is 736. The summed E-state index contributed by atoms with van der Waals surface area (Å²) in [5, 5.41) is 2.71. The molecular formula is C21H26Cl2N2O3. The lowest BCUT2D eigenvalue weighted by atomic mass is 9.90. The number of halogens is 2. The lowest BCUT2D eigenvalue weighted by molar-refractivity contribution is -0.138. The number of anilines is 1. The van der Waals surface area contributed by atoms with Crippen LogP contribution >= 0.6 is 23.2 Å². The average Bonchev–Trinajstić information content (AvgIpc) is 3.36. The van der Waals surface area contributed by atoms with E-state index in [1.54, 1.807) is 0 Å². The largest absolute Gasteiger partial charge is 0.370 e. The molecule has 3 fully saturated rings. The maximum atomic E-state index is 12.8. The van der Waals surface area contributed by atoms with Gasteiger partial charge in [-0.2, -0.15) is 0 Å². The molecule has 3 aliphatic rings. The predicted molar refractivity (Wildman–Crippen MR) is 109 cm³/mol. The van der Waals surface area contributed by atoms with Crippen LogP contribution in [0.5, 0.6) is 0 Å². The Balaban J connectivity index is 1.39. The minimum absolute atomic E-state index is 0.0174. The summed E-state index contributed by atoms with van der Waals surface area (Å²) in [7, 11) is 0. The van der Waals surface area contributed by atoms with Gasteiger partial charge in [-0.05, 0) is 43.4 Å². The monoisotopic (exact) mass is 424 g/mol. The number of ether oxygens (including phenoxy) is 1. The van der Waals surface area contributed by atoms with Crippen molar-refractivity contribution in [2.45, 2.75) is 55.6 Å². The molecular weight excluding hydrogens is 399 g/mol. The van der Waals surface area contributed by atoms with E-state index in [4.69, 9.17) is 27.9 Å². The first-order chi connectivity index (χ1) is 13.5. The molecule has 0 unspecified atom stereocenters. The van der Waals surface area contributed by atoms with Crippen molar-refractivity contribution in [1.29, 1.82) is 0 Å². The molecule has 28 heavy (non-hydrogen) atoms. The van der Waals surface area contributed by atoms with E-state index < -0.39 is 10.7 Å². The molecule has 0 spiro atoms. The van der Waals surface area contributed by atoms with E-state index >= 15 is 0 Å². The second-order valence-corrected chi connectivity index (χ2v) is 9.22. The van der Waals surface area contributed by atoms with Gasteiger partial charge in [-0.15, -0.1) is 0 Å². The Kier molecular flexibility index (Phi) is 6.14. The van der Waals surface area contributed by atoms with Gasteiger partial charge < -0.3 is 15.0 Å². The van der Waals surface area contributed by atoms with Crippen molar-refractivity contribution in [3.05, 3.63) is 29.8 Å². The first-order valence-corrected chi connectivity index (χ1v) is 11.0. The zero-order chi connectivity index (χ0) is 19.7. The van der Waals surface area contributed by atoms with E-state index in [0.717, 1.165) is 44.3 Å². The number of hydrogen-bond donors (Lipinski definition) is 1. The summed E-state index contributed by atoms with van der Waals surface area (Å²) in [4.78, 5) is 25.5. The average molecular weight is 425 g/mol. The van der Waals surface area contributed by atoms with E-state index in [1.165, 1.54) is 12.8 Å². The van der Waals surface area contributed by atoms with Crippen LogP contribution in [0, 0.1) is 11.8 Å².